The molecule has 0 radical (unpaired) electrons. The van der Waals surface area contributed by atoms with Crippen LogP contribution >= 0.6 is 0 Å². The number of pyridine rings is 1. The molecule has 0 aliphatic heterocycles. The standard InChI is InChI=1S/C13H14N4O2/c1-3-19-12-8-7-10(16-17-12)13(18)15-11-6-4-5-9(2)14-11/h4-8H,3H2,1-2H3,(H,14,15,18). The highest BCUT2D eigenvalue weighted by atomic mass is 16.5. The highest BCUT2D eigenvalue weighted by molar-refractivity contribution is 6.02. The summed E-state index contributed by atoms with van der Waals surface area (Å²) in [6, 6.07) is 8.55. The van der Waals surface area contributed by atoms with E-state index >= 15 is 0 Å². The number of nitrogens with one attached hydrogen (secondary N) is 1. The first-order chi connectivity index (χ1) is 9.19. The average Bonchev–Trinajstić information content (AvgIpc) is 2.40. The van der Waals surface area contributed by atoms with Crippen molar-refractivity contribution < 1.29 is 9.53 Å². The lowest BCUT2D eigenvalue weighted by atomic mass is 10.3. The van der Waals surface area contributed by atoms with E-state index in [1.165, 1.54) is 0 Å². The minimum absolute atomic E-state index is 0.215. The maximum absolute atomic E-state index is 11.9. The number of hydrogen-bond donors (Lipinski definition) is 1. The van der Waals surface area contributed by atoms with Crippen LogP contribution in [0.4, 0.5) is 5.82 Å². The smallest absolute Gasteiger partial charge is 0.277 e. The third-order valence-electron chi connectivity index (χ3n) is 2.29. The zero-order chi connectivity index (χ0) is 13.7. The molecular weight excluding hydrogens is 244 g/mol. The van der Waals surface area contributed by atoms with Crippen molar-refractivity contribution in [2.45, 2.75) is 13.8 Å². The van der Waals surface area contributed by atoms with Crippen molar-refractivity contribution in [1.29, 1.82) is 0 Å². The van der Waals surface area contributed by atoms with Gasteiger partial charge in [0.25, 0.3) is 5.91 Å². The van der Waals surface area contributed by atoms with Crippen LogP contribution in [0.5, 0.6) is 5.88 Å². The molecule has 0 unspecified atom stereocenters. The lowest BCUT2D eigenvalue weighted by Crippen LogP contribution is -2.15. The fourth-order valence-electron chi connectivity index (χ4n) is 1.46. The number of hydrogen-bond acceptors (Lipinski definition) is 5. The Morgan fingerprint density at radius 3 is 2.74 bits per heavy atom. The van der Waals surface area contributed by atoms with Gasteiger partial charge in [-0.3, -0.25) is 4.79 Å². The highest BCUT2D eigenvalue weighted by Gasteiger charge is 2.09. The van der Waals surface area contributed by atoms with Crippen LogP contribution in [0, 0.1) is 6.92 Å². The summed E-state index contributed by atoms with van der Waals surface area (Å²) in [5, 5.41) is 10.3. The number of aromatic nitrogens is 3. The van der Waals surface area contributed by atoms with E-state index in [2.05, 4.69) is 20.5 Å². The Bertz CT molecular complexity index is 569. The molecule has 6 nitrogen and oxygen atoms in total. The van der Waals surface area contributed by atoms with Gasteiger partial charge in [0.05, 0.1) is 6.61 Å². The Morgan fingerprint density at radius 1 is 1.26 bits per heavy atom. The van der Waals surface area contributed by atoms with Crippen molar-refractivity contribution in [2.75, 3.05) is 11.9 Å². The van der Waals surface area contributed by atoms with Crippen molar-refractivity contribution in [1.82, 2.24) is 15.2 Å². The van der Waals surface area contributed by atoms with Gasteiger partial charge < -0.3 is 10.1 Å². The Labute approximate surface area is 110 Å². The maximum Gasteiger partial charge on any atom is 0.277 e. The molecule has 2 aromatic rings. The Balaban J connectivity index is 2.07. The molecule has 2 aromatic heterocycles. The molecule has 0 saturated heterocycles. The lowest BCUT2D eigenvalue weighted by Gasteiger charge is -2.05. The van der Waals surface area contributed by atoms with E-state index < -0.39 is 0 Å². The highest BCUT2D eigenvalue weighted by Crippen LogP contribution is 2.08. The molecule has 0 aromatic carbocycles. The molecule has 6 heteroatoms. The van der Waals surface area contributed by atoms with Gasteiger partial charge in [-0.15, -0.1) is 10.2 Å². The quantitative estimate of drug-likeness (QED) is 0.905. The molecule has 0 saturated carbocycles. The van der Waals surface area contributed by atoms with Crippen molar-refractivity contribution in [3.63, 3.8) is 0 Å². The van der Waals surface area contributed by atoms with Crippen LogP contribution in [-0.4, -0.2) is 27.7 Å². The number of carbonyl (C=O) groups excluding carboxylic acids is 1. The topological polar surface area (TPSA) is 77.0 Å². The van der Waals surface area contributed by atoms with Crippen molar-refractivity contribution in [2.24, 2.45) is 0 Å². The summed E-state index contributed by atoms with van der Waals surface area (Å²) in [6.07, 6.45) is 0. The van der Waals surface area contributed by atoms with Gasteiger partial charge in [0, 0.05) is 11.8 Å². The SMILES string of the molecule is CCOc1ccc(C(=O)Nc2cccc(C)n2)nn1. The summed E-state index contributed by atoms with van der Waals surface area (Å²) in [5.74, 6) is 0.530. The molecule has 0 bridgehead atoms. The van der Waals surface area contributed by atoms with Gasteiger partial charge in [-0.25, -0.2) is 4.98 Å². The maximum atomic E-state index is 11.9. The van der Waals surface area contributed by atoms with Crippen LogP contribution in [0.15, 0.2) is 30.3 Å². The average molecular weight is 258 g/mol. The summed E-state index contributed by atoms with van der Waals surface area (Å²) in [6.45, 7) is 4.21. The molecule has 0 fully saturated rings. The number of amides is 1. The van der Waals surface area contributed by atoms with Gasteiger partial charge in [0.15, 0.2) is 5.69 Å². The summed E-state index contributed by atoms with van der Waals surface area (Å²) < 4.78 is 5.16. The molecule has 98 valence electrons. The Kier molecular flexibility index (Phi) is 4.02. The number of anilines is 1. The van der Waals surface area contributed by atoms with E-state index in [0.717, 1.165) is 5.69 Å². The number of nitrogens with zero attached hydrogens (tertiary/aromatic N) is 3. The van der Waals surface area contributed by atoms with Gasteiger partial charge in [0.1, 0.15) is 5.82 Å². The first kappa shape index (κ1) is 12.9. The summed E-state index contributed by atoms with van der Waals surface area (Å²) >= 11 is 0. The zero-order valence-electron chi connectivity index (χ0n) is 10.8. The van der Waals surface area contributed by atoms with Crippen LogP contribution in [-0.2, 0) is 0 Å². The van der Waals surface area contributed by atoms with Gasteiger partial charge in [-0.1, -0.05) is 6.07 Å². The predicted octanol–water partition coefficient (Wildman–Crippen LogP) is 1.83. The molecular formula is C13H14N4O2. The van der Waals surface area contributed by atoms with E-state index in [4.69, 9.17) is 4.74 Å². The van der Waals surface area contributed by atoms with Crippen molar-refractivity contribution >= 4 is 11.7 Å². The predicted molar refractivity (Wildman–Crippen MR) is 70.1 cm³/mol. The number of aryl methyl sites for hydroxylation is 1. The van der Waals surface area contributed by atoms with Gasteiger partial charge >= 0.3 is 0 Å². The minimum Gasteiger partial charge on any atom is -0.477 e. The minimum atomic E-state index is -0.353. The van der Waals surface area contributed by atoms with E-state index in [9.17, 15) is 4.79 Å². The molecule has 0 aliphatic carbocycles. The summed E-state index contributed by atoms with van der Waals surface area (Å²) in [5.41, 5.74) is 1.04. The van der Waals surface area contributed by atoms with Crippen LogP contribution in [0.1, 0.15) is 23.1 Å². The largest absolute Gasteiger partial charge is 0.477 e. The van der Waals surface area contributed by atoms with E-state index in [1.54, 1.807) is 18.2 Å². The number of ether oxygens (including phenoxy) is 1. The third kappa shape index (κ3) is 3.48. The Morgan fingerprint density at radius 2 is 2.11 bits per heavy atom. The fourth-order valence-corrected chi connectivity index (χ4v) is 1.46. The molecule has 2 rings (SSSR count). The summed E-state index contributed by atoms with van der Waals surface area (Å²) in [7, 11) is 0. The van der Waals surface area contributed by atoms with Crippen molar-refractivity contribution in [3.8, 4) is 5.88 Å². The summed E-state index contributed by atoms with van der Waals surface area (Å²) in [4.78, 5) is 16.1. The lowest BCUT2D eigenvalue weighted by molar-refractivity contribution is 0.102. The molecule has 1 N–H and O–H groups in total. The monoisotopic (exact) mass is 258 g/mol. The molecule has 1 amide bonds. The van der Waals surface area contributed by atoms with Crippen molar-refractivity contribution in [3.05, 3.63) is 41.7 Å². The van der Waals surface area contributed by atoms with Gasteiger partial charge in [-0.2, -0.15) is 0 Å². The first-order valence-corrected chi connectivity index (χ1v) is 5.90. The normalized spacial score (nSPS) is 10.0. The molecule has 0 spiro atoms. The van der Waals surface area contributed by atoms with Crippen LogP contribution in [0.3, 0.4) is 0 Å². The van der Waals surface area contributed by atoms with E-state index in [0.29, 0.717) is 18.3 Å². The second kappa shape index (κ2) is 5.90. The second-order valence-corrected chi connectivity index (χ2v) is 3.81. The third-order valence-corrected chi connectivity index (χ3v) is 2.29. The molecule has 19 heavy (non-hydrogen) atoms. The second-order valence-electron chi connectivity index (χ2n) is 3.81. The molecule has 0 aliphatic rings. The van der Waals surface area contributed by atoms with E-state index in [-0.39, 0.29) is 11.6 Å². The fraction of sp³-hybridized carbons (Fsp3) is 0.231. The van der Waals surface area contributed by atoms with Crippen LogP contribution in [0.25, 0.3) is 0 Å². The molecule has 2 heterocycles. The number of carbonyl (C=O) groups is 1. The molecule has 0 atom stereocenters. The number of rotatable bonds is 4. The van der Waals surface area contributed by atoms with Gasteiger partial charge in [0.2, 0.25) is 5.88 Å². The Hall–Kier alpha value is -2.50. The van der Waals surface area contributed by atoms with E-state index in [1.807, 2.05) is 26.0 Å². The first-order valence-electron chi connectivity index (χ1n) is 5.90. The van der Waals surface area contributed by atoms with Crippen LogP contribution < -0.4 is 10.1 Å². The van der Waals surface area contributed by atoms with Crippen LogP contribution in [0.2, 0.25) is 0 Å². The van der Waals surface area contributed by atoms with Gasteiger partial charge in [-0.05, 0) is 32.0 Å². The zero-order valence-corrected chi connectivity index (χ0v) is 10.8.